The zero-order valence-corrected chi connectivity index (χ0v) is 10.1. The molecule has 0 unspecified atom stereocenters. The van der Waals surface area contributed by atoms with E-state index in [0.29, 0.717) is 0 Å². The zero-order chi connectivity index (χ0) is 10.4. The molecule has 0 aromatic heterocycles. The number of rotatable bonds is 5. The molecule has 0 aliphatic heterocycles. The normalized spacial score (nSPS) is 10.1. The Kier molecular flexibility index (Phi) is 4.80. The Bertz CT molecular complexity index is 287. The SMILES string of the molecule is CCCCCNc1ccc(N)cc1Br. The molecule has 0 atom stereocenters. The van der Waals surface area contributed by atoms with Crippen molar-refractivity contribution in [2.24, 2.45) is 0 Å². The highest BCUT2D eigenvalue weighted by Crippen LogP contribution is 2.24. The lowest BCUT2D eigenvalue weighted by atomic mass is 10.2. The number of hydrogen-bond acceptors (Lipinski definition) is 2. The van der Waals surface area contributed by atoms with E-state index in [0.717, 1.165) is 22.4 Å². The quantitative estimate of drug-likeness (QED) is 0.624. The molecule has 0 saturated carbocycles. The average molecular weight is 257 g/mol. The molecule has 1 aromatic carbocycles. The van der Waals surface area contributed by atoms with E-state index in [4.69, 9.17) is 5.73 Å². The van der Waals surface area contributed by atoms with Crippen molar-refractivity contribution in [1.29, 1.82) is 0 Å². The van der Waals surface area contributed by atoms with Gasteiger partial charge in [-0.05, 0) is 40.5 Å². The van der Waals surface area contributed by atoms with Gasteiger partial charge in [0.05, 0.1) is 0 Å². The lowest BCUT2D eigenvalue weighted by Gasteiger charge is -2.08. The second-order valence-corrected chi connectivity index (χ2v) is 4.23. The molecule has 3 N–H and O–H groups in total. The second-order valence-electron chi connectivity index (χ2n) is 3.37. The molecule has 0 spiro atoms. The van der Waals surface area contributed by atoms with Gasteiger partial charge in [0, 0.05) is 22.4 Å². The summed E-state index contributed by atoms with van der Waals surface area (Å²) in [5.74, 6) is 0. The molecule has 0 saturated heterocycles. The van der Waals surface area contributed by atoms with Crippen LogP contribution < -0.4 is 11.1 Å². The van der Waals surface area contributed by atoms with E-state index < -0.39 is 0 Å². The smallest absolute Gasteiger partial charge is 0.0486 e. The van der Waals surface area contributed by atoms with E-state index in [1.807, 2.05) is 18.2 Å². The van der Waals surface area contributed by atoms with Gasteiger partial charge >= 0.3 is 0 Å². The molecule has 2 nitrogen and oxygen atoms in total. The van der Waals surface area contributed by atoms with Crippen molar-refractivity contribution in [2.45, 2.75) is 26.2 Å². The molecule has 0 aliphatic rings. The number of halogens is 1. The Hall–Kier alpha value is -0.700. The summed E-state index contributed by atoms with van der Waals surface area (Å²) in [6.45, 7) is 3.23. The van der Waals surface area contributed by atoms with Crippen LogP contribution in [0.4, 0.5) is 11.4 Å². The van der Waals surface area contributed by atoms with E-state index in [9.17, 15) is 0 Å². The van der Waals surface area contributed by atoms with Gasteiger partial charge in [0.15, 0.2) is 0 Å². The molecule has 0 bridgehead atoms. The third-order valence-electron chi connectivity index (χ3n) is 2.09. The largest absolute Gasteiger partial charge is 0.399 e. The first-order valence-electron chi connectivity index (χ1n) is 5.03. The summed E-state index contributed by atoms with van der Waals surface area (Å²) in [6, 6.07) is 5.83. The molecule has 0 heterocycles. The summed E-state index contributed by atoms with van der Waals surface area (Å²) >= 11 is 3.47. The highest BCUT2D eigenvalue weighted by molar-refractivity contribution is 9.10. The Morgan fingerprint density at radius 3 is 2.79 bits per heavy atom. The molecular weight excluding hydrogens is 240 g/mol. The maximum atomic E-state index is 5.65. The van der Waals surface area contributed by atoms with Gasteiger partial charge in [0.1, 0.15) is 0 Å². The van der Waals surface area contributed by atoms with E-state index in [2.05, 4.69) is 28.2 Å². The highest BCUT2D eigenvalue weighted by atomic mass is 79.9. The van der Waals surface area contributed by atoms with Crippen molar-refractivity contribution in [2.75, 3.05) is 17.6 Å². The van der Waals surface area contributed by atoms with Crippen LogP contribution in [0.5, 0.6) is 0 Å². The summed E-state index contributed by atoms with van der Waals surface area (Å²) in [7, 11) is 0. The summed E-state index contributed by atoms with van der Waals surface area (Å²) in [4.78, 5) is 0. The third kappa shape index (κ3) is 3.58. The first kappa shape index (κ1) is 11.4. The molecule has 78 valence electrons. The number of nitrogens with two attached hydrogens (primary N) is 1. The van der Waals surface area contributed by atoms with Crippen LogP contribution in [0.15, 0.2) is 22.7 Å². The number of nitrogen functional groups attached to an aromatic ring is 1. The average Bonchev–Trinajstić information content (AvgIpc) is 2.15. The van der Waals surface area contributed by atoms with Crippen molar-refractivity contribution < 1.29 is 0 Å². The van der Waals surface area contributed by atoms with Crippen LogP contribution in [0.25, 0.3) is 0 Å². The number of benzene rings is 1. The van der Waals surface area contributed by atoms with Crippen LogP contribution in [0.1, 0.15) is 26.2 Å². The first-order chi connectivity index (χ1) is 6.74. The van der Waals surface area contributed by atoms with E-state index in [1.54, 1.807) is 0 Å². The van der Waals surface area contributed by atoms with E-state index in [1.165, 1.54) is 19.3 Å². The van der Waals surface area contributed by atoms with Crippen LogP contribution in [0.3, 0.4) is 0 Å². The Morgan fingerprint density at radius 1 is 1.36 bits per heavy atom. The van der Waals surface area contributed by atoms with Crippen LogP contribution in [-0.2, 0) is 0 Å². The van der Waals surface area contributed by atoms with E-state index in [-0.39, 0.29) is 0 Å². The predicted molar refractivity (Wildman–Crippen MR) is 66.6 cm³/mol. The number of unbranched alkanes of at least 4 members (excludes halogenated alkanes) is 2. The Labute approximate surface area is 94.0 Å². The summed E-state index contributed by atoms with van der Waals surface area (Å²) < 4.78 is 1.04. The summed E-state index contributed by atoms with van der Waals surface area (Å²) in [6.07, 6.45) is 3.75. The predicted octanol–water partition coefficient (Wildman–Crippen LogP) is 3.63. The molecule has 1 aromatic rings. The van der Waals surface area contributed by atoms with Crippen LogP contribution in [-0.4, -0.2) is 6.54 Å². The van der Waals surface area contributed by atoms with Gasteiger partial charge in [-0.2, -0.15) is 0 Å². The molecule has 0 radical (unpaired) electrons. The van der Waals surface area contributed by atoms with Gasteiger partial charge in [-0.25, -0.2) is 0 Å². The molecule has 0 amide bonds. The van der Waals surface area contributed by atoms with Crippen molar-refractivity contribution >= 4 is 27.3 Å². The fourth-order valence-electron chi connectivity index (χ4n) is 1.27. The lowest BCUT2D eigenvalue weighted by molar-refractivity contribution is 0.743. The minimum absolute atomic E-state index is 0.788. The number of nitrogens with one attached hydrogen (secondary N) is 1. The zero-order valence-electron chi connectivity index (χ0n) is 8.52. The van der Waals surface area contributed by atoms with Gasteiger partial charge in [-0.1, -0.05) is 19.8 Å². The van der Waals surface area contributed by atoms with Crippen LogP contribution in [0, 0.1) is 0 Å². The third-order valence-corrected chi connectivity index (χ3v) is 2.75. The monoisotopic (exact) mass is 256 g/mol. The number of anilines is 2. The lowest BCUT2D eigenvalue weighted by Crippen LogP contribution is -2.02. The standard InChI is InChI=1S/C11H17BrN2/c1-2-3-4-7-14-11-6-5-9(13)8-10(11)12/h5-6,8,14H,2-4,7,13H2,1H3. The van der Waals surface area contributed by atoms with Crippen molar-refractivity contribution in [3.05, 3.63) is 22.7 Å². The minimum atomic E-state index is 0.788. The van der Waals surface area contributed by atoms with Gasteiger partial charge in [0.25, 0.3) is 0 Å². The molecule has 0 aliphatic carbocycles. The van der Waals surface area contributed by atoms with E-state index >= 15 is 0 Å². The van der Waals surface area contributed by atoms with Crippen molar-refractivity contribution in [3.63, 3.8) is 0 Å². The molecule has 3 heteroatoms. The molecular formula is C11H17BrN2. The van der Waals surface area contributed by atoms with Crippen molar-refractivity contribution in [1.82, 2.24) is 0 Å². The summed E-state index contributed by atoms with van der Waals surface area (Å²) in [5.41, 5.74) is 7.55. The van der Waals surface area contributed by atoms with Crippen LogP contribution >= 0.6 is 15.9 Å². The molecule has 14 heavy (non-hydrogen) atoms. The maximum Gasteiger partial charge on any atom is 0.0486 e. The topological polar surface area (TPSA) is 38.0 Å². The number of hydrogen-bond donors (Lipinski definition) is 2. The van der Waals surface area contributed by atoms with Crippen molar-refractivity contribution in [3.8, 4) is 0 Å². The fraction of sp³-hybridized carbons (Fsp3) is 0.455. The fourth-order valence-corrected chi connectivity index (χ4v) is 1.81. The maximum absolute atomic E-state index is 5.65. The molecule has 1 rings (SSSR count). The van der Waals surface area contributed by atoms with Gasteiger partial charge < -0.3 is 11.1 Å². The summed E-state index contributed by atoms with van der Waals surface area (Å²) in [5, 5.41) is 3.37. The Balaban J connectivity index is 2.42. The molecule has 0 fully saturated rings. The first-order valence-corrected chi connectivity index (χ1v) is 5.82. The minimum Gasteiger partial charge on any atom is -0.399 e. The highest BCUT2D eigenvalue weighted by Gasteiger charge is 1.98. The van der Waals surface area contributed by atoms with Gasteiger partial charge in [0.2, 0.25) is 0 Å². The van der Waals surface area contributed by atoms with Crippen LogP contribution in [0.2, 0.25) is 0 Å². The van der Waals surface area contributed by atoms with Gasteiger partial charge in [-0.15, -0.1) is 0 Å². The second kappa shape index (κ2) is 5.91. The van der Waals surface area contributed by atoms with Gasteiger partial charge in [-0.3, -0.25) is 0 Å². The Morgan fingerprint density at radius 2 is 2.14 bits per heavy atom.